The van der Waals surface area contributed by atoms with Crippen molar-refractivity contribution in [3.8, 4) is 11.5 Å². The van der Waals surface area contributed by atoms with E-state index in [0.717, 1.165) is 36.6 Å². The largest absolute Gasteiger partial charge is 0.493 e. The van der Waals surface area contributed by atoms with Crippen molar-refractivity contribution >= 4 is 0 Å². The highest BCUT2D eigenvalue weighted by molar-refractivity contribution is 5.46. The first-order chi connectivity index (χ1) is 9.19. The standard InChI is InChI=1S/C15H25NO3/c1-4-9-16-11-13-6-5-7-14(18-3)15(13)19-10-8-12(2)17/h5-7,12,16-17H,4,8-11H2,1-3H3. The van der Waals surface area contributed by atoms with E-state index in [4.69, 9.17) is 9.47 Å². The fraction of sp³-hybridized carbons (Fsp3) is 0.600. The number of para-hydroxylation sites is 1. The van der Waals surface area contributed by atoms with Gasteiger partial charge in [-0.2, -0.15) is 0 Å². The highest BCUT2D eigenvalue weighted by atomic mass is 16.5. The molecule has 4 heteroatoms. The summed E-state index contributed by atoms with van der Waals surface area (Å²) in [5, 5.41) is 12.6. The Bertz CT molecular complexity index is 366. The molecule has 1 atom stereocenters. The van der Waals surface area contributed by atoms with E-state index in [1.165, 1.54) is 0 Å². The third-order valence-electron chi connectivity index (χ3n) is 2.80. The molecule has 0 amide bonds. The lowest BCUT2D eigenvalue weighted by Gasteiger charge is -2.16. The molecule has 0 aliphatic carbocycles. The molecule has 2 N–H and O–H groups in total. The molecule has 0 aromatic heterocycles. The van der Waals surface area contributed by atoms with Crippen LogP contribution in [0, 0.1) is 0 Å². The van der Waals surface area contributed by atoms with Crippen molar-refractivity contribution < 1.29 is 14.6 Å². The smallest absolute Gasteiger partial charge is 0.165 e. The van der Waals surface area contributed by atoms with Crippen molar-refractivity contribution in [2.75, 3.05) is 20.3 Å². The third-order valence-corrected chi connectivity index (χ3v) is 2.80. The number of aliphatic hydroxyl groups is 1. The Morgan fingerprint density at radius 2 is 2.16 bits per heavy atom. The number of ether oxygens (including phenoxy) is 2. The number of rotatable bonds is 9. The Kier molecular flexibility index (Phi) is 7.30. The minimum atomic E-state index is -0.351. The van der Waals surface area contributed by atoms with Gasteiger partial charge in [0.15, 0.2) is 11.5 Å². The quantitative estimate of drug-likeness (QED) is 0.674. The van der Waals surface area contributed by atoms with Gasteiger partial charge in [-0.3, -0.25) is 0 Å². The Balaban J connectivity index is 2.71. The van der Waals surface area contributed by atoms with E-state index in [9.17, 15) is 5.11 Å². The number of hydrogen-bond acceptors (Lipinski definition) is 4. The molecular weight excluding hydrogens is 242 g/mol. The summed E-state index contributed by atoms with van der Waals surface area (Å²) in [6.07, 6.45) is 1.36. The molecular formula is C15H25NO3. The molecule has 19 heavy (non-hydrogen) atoms. The molecule has 1 unspecified atom stereocenters. The summed E-state index contributed by atoms with van der Waals surface area (Å²) in [4.78, 5) is 0. The number of hydrogen-bond donors (Lipinski definition) is 2. The van der Waals surface area contributed by atoms with Gasteiger partial charge in [0.2, 0.25) is 0 Å². The van der Waals surface area contributed by atoms with Crippen LogP contribution >= 0.6 is 0 Å². The Morgan fingerprint density at radius 3 is 2.79 bits per heavy atom. The number of aliphatic hydroxyl groups excluding tert-OH is 1. The number of methoxy groups -OCH3 is 1. The van der Waals surface area contributed by atoms with Gasteiger partial charge in [-0.15, -0.1) is 0 Å². The van der Waals surface area contributed by atoms with Gasteiger partial charge in [0.25, 0.3) is 0 Å². The van der Waals surface area contributed by atoms with Crippen LogP contribution in [0.3, 0.4) is 0 Å². The predicted octanol–water partition coefficient (Wildman–Crippen LogP) is 2.34. The van der Waals surface area contributed by atoms with Crippen molar-refractivity contribution in [3.05, 3.63) is 23.8 Å². The van der Waals surface area contributed by atoms with Gasteiger partial charge in [-0.1, -0.05) is 19.1 Å². The van der Waals surface area contributed by atoms with Crippen molar-refractivity contribution in [3.63, 3.8) is 0 Å². The van der Waals surface area contributed by atoms with Crippen LogP contribution in [-0.2, 0) is 6.54 Å². The van der Waals surface area contributed by atoms with Gasteiger partial charge in [-0.25, -0.2) is 0 Å². The van der Waals surface area contributed by atoms with Gasteiger partial charge in [0.1, 0.15) is 0 Å². The number of nitrogens with one attached hydrogen (secondary N) is 1. The molecule has 0 aliphatic rings. The van der Waals surface area contributed by atoms with Crippen molar-refractivity contribution in [2.45, 2.75) is 39.3 Å². The van der Waals surface area contributed by atoms with Crippen LogP contribution in [-0.4, -0.2) is 31.5 Å². The Hall–Kier alpha value is -1.26. The van der Waals surface area contributed by atoms with Crippen LogP contribution in [0.25, 0.3) is 0 Å². The molecule has 108 valence electrons. The van der Waals surface area contributed by atoms with Gasteiger partial charge >= 0.3 is 0 Å². The SMILES string of the molecule is CCCNCc1cccc(OC)c1OCCC(C)O. The minimum absolute atomic E-state index is 0.351. The second kappa shape index (κ2) is 8.77. The molecule has 4 nitrogen and oxygen atoms in total. The van der Waals surface area contributed by atoms with Gasteiger partial charge in [0.05, 0.1) is 19.8 Å². The molecule has 0 fully saturated rings. The van der Waals surface area contributed by atoms with E-state index in [-0.39, 0.29) is 6.10 Å². The topological polar surface area (TPSA) is 50.7 Å². The molecule has 0 spiro atoms. The predicted molar refractivity (Wildman–Crippen MR) is 76.8 cm³/mol. The Labute approximate surface area is 115 Å². The molecule has 0 heterocycles. The van der Waals surface area contributed by atoms with E-state index in [2.05, 4.69) is 12.2 Å². The van der Waals surface area contributed by atoms with Crippen molar-refractivity contribution in [2.24, 2.45) is 0 Å². The average molecular weight is 267 g/mol. The van der Waals surface area contributed by atoms with E-state index < -0.39 is 0 Å². The molecule has 1 aromatic rings. The fourth-order valence-electron chi connectivity index (χ4n) is 1.76. The van der Waals surface area contributed by atoms with Gasteiger partial charge in [0, 0.05) is 18.5 Å². The molecule has 0 aliphatic heterocycles. The summed E-state index contributed by atoms with van der Waals surface area (Å²) >= 11 is 0. The van der Waals surface area contributed by atoms with Crippen LogP contribution in [0.15, 0.2) is 18.2 Å². The summed E-state index contributed by atoms with van der Waals surface area (Å²) in [5.74, 6) is 1.51. The van der Waals surface area contributed by atoms with Crippen molar-refractivity contribution in [1.29, 1.82) is 0 Å². The lowest BCUT2D eigenvalue weighted by atomic mass is 10.1. The summed E-state index contributed by atoms with van der Waals surface area (Å²) in [7, 11) is 1.64. The maximum Gasteiger partial charge on any atom is 0.165 e. The summed E-state index contributed by atoms with van der Waals surface area (Å²) in [6, 6.07) is 5.88. The lowest BCUT2D eigenvalue weighted by Crippen LogP contribution is -2.15. The van der Waals surface area contributed by atoms with Crippen LogP contribution < -0.4 is 14.8 Å². The fourth-order valence-corrected chi connectivity index (χ4v) is 1.76. The Morgan fingerprint density at radius 1 is 1.37 bits per heavy atom. The normalized spacial score (nSPS) is 12.2. The van der Waals surface area contributed by atoms with Crippen molar-refractivity contribution in [1.82, 2.24) is 5.32 Å². The second-order valence-corrected chi connectivity index (χ2v) is 4.61. The van der Waals surface area contributed by atoms with E-state index >= 15 is 0 Å². The first kappa shape index (κ1) is 15.8. The zero-order chi connectivity index (χ0) is 14.1. The van der Waals surface area contributed by atoms with E-state index in [1.807, 2.05) is 18.2 Å². The van der Waals surface area contributed by atoms with Gasteiger partial charge in [-0.05, 0) is 26.0 Å². The lowest BCUT2D eigenvalue weighted by molar-refractivity contribution is 0.153. The minimum Gasteiger partial charge on any atom is -0.493 e. The molecule has 1 rings (SSSR count). The van der Waals surface area contributed by atoms with Crippen LogP contribution in [0.5, 0.6) is 11.5 Å². The molecule has 0 radical (unpaired) electrons. The first-order valence-electron chi connectivity index (χ1n) is 6.86. The first-order valence-corrected chi connectivity index (χ1v) is 6.86. The van der Waals surface area contributed by atoms with Crippen LogP contribution in [0.2, 0.25) is 0 Å². The average Bonchev–Trinajstić information content (AvgIpc) is 2.40. The maximum atomic E-state index is 9.28. The van der Waals surface area contributed by atoms with E-state index in [0.29, 0.717) is 13.0 Å². The van der Waals surface area contributed by atoms with Crippen LogP contribution in [0.1, 0.15) is 32.3 Å². The van der Waals surface area contributed by atoms with Crippen LogP contribution in [0.4, 0.5) is 0 Å². The third kappa shape index (κ3) is 5.49. The molecule has 0 bridgehead atoms. The zero-order valence-electron chi connectivity index (χ0n) is 12.1. The highest BCUT2D eigenvalue weighted by Crippen LogP contribution is 2.31. The summed E-state index contributed by atoms with van der Waals surface area (Å²) < 4.78 is 11.1. The monoisotopic (exact) mass is 267 g/mol. The molecule has 0 saturated carbocycles. The maximum absolute atomic E-state index is 9.28. The van der Waals surface area contributed by atoms with E-state index in [1.54, 1.807) is 14.0 Å². The number of benzene rings is 1. The molecule has 1 aromatic carbocycles. The van der Waals surface area contributed by atoms with Gasteiger partial charge < -0.3 is 19.9 Å². The summed E-state index contributed by atoms with van der Waals surface area (Å²) in [5.41, 5.74) is 1.08. The zero-order valence-corrected chi connectivity index (χ0v) is 12.1. The molecule has 0 saturated heterocycles. The second-order valence-electron chi connectivity index (χ2n) is 4.61. The highest BCUT2D eigenvalue weighted by Gasteiger charge is 2.10. The summed E-state index contributed by atoms with van der Waals surface area (Å²) in [6.45, 7) is 6.12.